The van der Waals surface area contributed by atoms with Crippen LogP contribution in [0.3, 0.4) is 0 Å². The molecule has 0 saturated heterocycles. The van der Waals surface area contributed by atoms with Gasteiger partial charge in [-0.05, 0) is 36.8 Å². The fourth-order valence-electron chi connectivity index (χ4n) is 3.81. The summed E-state index contributed by atoms with van der Waals surface area (Å²) in [6.07, 6.45) is 4.69. The van der Waals surface area contributed by atoms with Crippen molar-refractivity contribution in [3.8, 4) is 0 Å². The van der Waals surface area contributed by atoms with Gasteiger partial charge in [0.1, 0.15) is 5.54 Å². The molecule has 2 fully saturated rings. The molecule has 4 rings (SSSR count). The van der Waals surface area contributed by atoms with E-state index in [2.05, 4.69) is 15.5 Å². The van der Waals surface area contributed by atoms with Gasteiger partial charge in [-0.3, -0.25) is 4.79 Å². The predicted octanol–water partition coefficient (Wildman–Crippen LogP) is 3.72. The molecule has 0 aliphatic heterocycles. The van der Waals surface area contributed by atoms with Crippen molar-refractivity contribution in [3.05, 3.63) is 46.6 Å². The Hall–Kier alpha value is -1.88. The van der Waals surface area contributed by atoms with Gasteiger partial charge in [-0.1, -0.05) is 47.8 Å². The zero-order valence-electron chi connectivity index (χ0n) is 13.6. The highest BCUT2D eigenvalue weighted by Crippen LogP contribution is 2.50. The first kappa shape index (κ1) is 15.6. The van der Waals surface area contributed by atoms with Crippen LogP contribution in [0.4, 0.5) is 0 Å². The van der Waals surface area contributed by atoms with Crippen LogP contribution in [0, 0.1) is 12.8 Å². The van der Waals surface area contributed by atoms with E-state index in [0.29, 0.717) is 11.7 Å². The lowest BCUT2D eigenvalue weighted by Crippen LogP contribution is -2.45. The first-order valence-electron chi connectivity index (χ1n) is 8.46. The van der Waals surface area contributed by atoms with E-state index in [1.807, 2.05) is 24.3 Å². The maximum Gasteiger partial charge on any atom is 0.224 e. The number of carbonyl (C=O) groups is 1. The van der Waals surface area contributed by atoms with E-state index in [9.17, 15) is 4.79 Å². The summed E-state index contributed by atoms with van der Waals surface area (Å²) in [5, 5.41) is 8.05. The first-order valence-corrected chi connectivity index (χ1v) is 8.84. The summed E-state index contributed by atoms with van der Waals surface area (Å²) in [7, 11) is 0. The highest BCUT2D eigenvalue weighted by molar-refractivity contribution is 6.31. The van der Waals surface area contributed by atoms with Gasteiger partial charge in [0.15, 0.2) is 5.82 Å². The third-order valence-electron chi connectivity index (χ3n) is 5.21. The number of carbonyl (C=O) groups excluding carboxylic acids is 1. The number of hydrogen-bond donors (Lipinski definition) is 1. The molecule has 2 aliphatic rings. The summed E-state index contributed by atoms with van der Waals surface area (Å²) < 4.78 is 5.14. The Labute approximate surface area is 145 Å². The van der Waals surface area contributed by atoms with E-state index in [1.165, 1.54) is 0 Å². The van der Waals surface area contributed by atoms with E-state index < -0.39 is 5.54 Å². The fourth-order valence-corrected chi connectivity index (χ4v) is 4.09. The molecule has 126 valence electrons. The summed E-state index contributed by atoms with van der Waals surface area (Å²) >= 11 is 6.26. The standard InChI is InChI=1S/C18H20ClN3O2/c1-11-20-17(22-24-11)18(8-4-5-9-18)21-16(23)14-10-13(14)12-6-2-3-7-15(12)19/h2-3,6-7,13-14H,4-5,8-10H2,1H3,(H,21,23). The van der Waals surface area contributed by atoms with Crippen LogP contribution in [0.25, 0.3) is 0 Å². The Kier molecular flexibility index (Phi) is 3.83. The second kappa shape index (κ2) is 5.88. The van der Waals surface area contributed by atoms with E-state index in [1.54, 1.807) is 6.92 Å². The minimum atomic E-state index is -0.470. The number of rotatable bonds is 4. The van der Waals surface area contributed by atoms with E-state index in [4.69, 9.17) is 16.1 Å². The van der Waals surface area contributed by atoms with Crippen LogP contribution in [0.1, 0.15) is 55.3 Å². The molecule has 1 N–H and O–H groups in total. The van der Waals surface area contributed by atoms with Gasteiger partial charge in [-0.15, -0.1) is 0 Å². The normalized spacial score (nSPS) is 24.8. The largest absolute Gasteiger partial charge is 0.343 e. The number of hydrogen-bond acceptors (Lipinski definition) is 4. The third kappa shape index (κ3) is 2.71. The zero-order valence-corrected chi connectivity index (χ0v) is 14.3. The summed E-state index contributed by atoms with van der Waals surface area (Å²) in [6.45, 7) is 1.77. The lowest BCUT2D eigenvalue weighted by atomic mass is 9.96. The first-order chi connectivity index (χ1) is 11.6. The Balaban J connectivity index is 1.50. The number of aromatic nitrogens is 2. The van der Waals surface area contributed by atoms with Gasteiger partial charge >= 0.3 is 0 Å². The summed E-state index contributed by atoms with van der Waals surface area (Å²) in [4.78, 5) is 17.2. The van der Waals surface area contributed by atoms with Gasteiger partial charge in [0.2, 0.25) is 11.8 Å². The van der Waals surface area contributed by atoms with Crippen molar-refractivity contribution in [1.29, 1.82) is 0 Å². The van der Waals surface area contributed by atoms with Gasteiger partial charge in [0.25, 0.3) is 0 Å². The summed E-state index contributed by atoms with van der Waals surface area (Å²) in [6, 6.07) is 7.77. The second-order valence-corrected chi connectivity index (χ2v) is 7.29. The molecule has 2 aromatic rings. The second-order valence-electron chi connectivity index (χ2n) is 6.89. The molecule has 0 bridgehead atoms. The third-order valence-corrected chi connectivity index (χ3v) is 5.55. The molecule has 0 radical (unpaired) electrons. The SMILES string of the molecule is Cc1nc(C2(NC(=O)C3CC3c3ccccc3Cl)CCCC2)no1. The van der Waals surface area contributed by atoms with E-state index >= 15 is 0 Å². The molecular weight excluding hydrogens is 326 g/mol. The molecule has 0 spiro atoms. The average molecular weight is 346 g/mol. The van der Waals surface area contributed by atoms with Crippen LogP contribution in [0.5, 0.6) is 0 Å². The van der Waals surface area contributed by atoms with Crippen molar-refractivity contribution >= 4 is 17.5 Å². The van der Waals surface area contributed by atoms with Gasteiger partial charge in [-0.2, -0.15) is 4.98 Å². The Bertz CT molecular complexity index is 767. The van der Waals surface area contributed by atoms with Crippen LogP contribution < -0.4 is 5.32 Å². The Morgan fingerprint density at radius 3 is 2.75 bits per heavy atom. The van der Waals surface area contributed by atoms with Crippen LogP contribution in [-0.2, 0) is 10.3 Å². The molecule has 2 atom stereocenters. The van der Waals surface area contributed by atoms with Crippen LogP contribution >= 0.6 is 11.6 Å². The predicted molar refractivity (Wildman–Crippen MR) is 89.6 cm³/mol. The number of nitrogens with one attached hydrogen (secondary N) is 1. The smallest absolute Gasteiger partial charge is 0.224 e. The number of aryl methyl sites for hydroxylation is 1. The number of nitrogens with zero attached hydrogens (tertiary/aromatic N) is 2. The maximum atomic E-state index is 12.8. The molecule has 1 aromatic carbocycles. The lowest BCUT2D eigenvalue weighted by Gasteiger charge is -2.27. The van der Waals surface area contributed by atoms with Crippen LogP contribution in [0.2, 0.25) is 5.02 Å². The number of halogens is 1. The number of benzene rings is 1. The van der Waals surface area contributed by atoms with Crippen molar-refractivity contribution in [2.75, 3.05) is 0 Å². The fraction of sp³-hybridized carbons (Fsp3) is 0.500. The maximum absolute atomic E-state index is 12.8. The van der Waals surface area contributed by atoms with E-state index in [-0.39, 0.29) is 17.7 Å². The molecule has 24 heavy (non-hydrogen) atoms. The van der Waals surface area contributed by atoms with Crippen LogP contribution in [-0.4, -0.2) is 16.0 Å². The quantitative estimate of drug-likeness (QED) is 0.917. The number of amides is 1. The van der Waals surface area contributed by atoms with Crippen molar-refractivity contribution in [1.82, 2.24) is 15.5 Å². The zero-order chi connectivity index (χ0) is 16.7. The Morgan fingerprint density at radius 1 is 1.33 bits per heavy atom. The van der Waals surface area contributed by atoms with Crippen LogP contribution in [0.15, 0.2) is 28.8 Å². The van der Waals surface area contributed by atoms with Crippen molar-refractivity contribution in [2.45, 2.75) is 50.5 Å². The molecule has 1 aromatic heterocycles. The molecular formula is C18H20ClN3O2. The van der Waals surface area contributed by atoms with Gasteiger partial charge in [0.05, 0.1) is 0 Å². The highest BCUT2D eigenvalue weighted by Gasteiger charge is 2.49. The van der Waals surface area contributed by atoms with Gasteiger partial charge < -0.3 is 9.84 Å². The lowest BCUT2D eigenvalue weighted by molar-refractivity contribution is -0.124. The van der Waals surface area contributed by atoms with Gasteiger partial charge in [-0.25, -0.2) is 0 Å². The average Bonchev–Trinajstić information content (AvgIpc) is 3.00. The van der Waals surface area contributed by atoms with E-state index in [0.717, 1.165) is 42.7 Å². The molecule has 2 unspecified atom stereocenters. The molecule has 1 heterocycles. The van der Waals surface area contributed by atoms with Crippen molar-refractivity contribution in [2.24, 2.45) is 5.92 Å². The summed E-state index contributed by atoms with van der Waals surface area (Å²) in [5.41, 5.74) is 0.595. The highest BCUT2D eigenvalue weighted by atomic mass is 35.5. The topological polar surface area (TPSA) is 68.0 Å². The molecule has 1 amide bonds. The molecule has 2 saturated carbocycles. The molecule has 2 aliphatic carbocycles. The monoisotopic (exact) mass is 345 g/mol. The minimum absolute atomic E-state index is 0.0182. The van der Waals surface area contributed by atoms with Crippen molar-refractivity contribution in [3.63, 3.8) is 0 Å². The summed E-state index contributed by atoms with van der Waals surface area (Å²) in [5.74, 6) is 1.41. The van der Waals surface area contributed by atoms with Gasteiger partial charge in [0, 0.05) is 17.9 Å². The van der Waals surface area contributed by atoms with Crippen molar-refractivity contribution < 1.29 is 9.32 Å². The molecule has 5 nitrogen and oxygen atoms in total. The minimum Gasteiger partial charge on any atom is -0.343 e. The molecule has 6 heteroatoms. The Morgan fingerprint density at radius 2 is 2.08 bits per heavy atom.